The van der Waals surface area contributed by atoms with E-state index in [2.05, 4.69) is 0 Å². The minimum atomic E-state index is -0.893. The van der Waals surface area contributed by atoms with Gasteiger partial charge in [0.25, 0.3) is 0 Å². The Morgan fingerprint density at radius 1 is 1.12 bits per heavy atom. The first-order chi connectivity index (χ1) is 7.59. The van der Waals surface area contributed by atoms with E-state index in [4.69, 9.17) is 9.47 Å². The Balaban J connectivity index is 2.39. The van der Waals surface area contributed by atoms with Gasteiger partial charge in [0.2, 0.25) is 0 Å². The first-order valence-corrected chi connectivity index (χ1v) is 5.36. The van der Waals surface area contributed by atoms with Gasteiger partial charge in [0.05, 0.1) is 6.10 Å². The van der Waals surface area contributed by atoms with E-state index in [0.717, 1.165) is 5.56 Å². The van der Waals surface area contributed by atoms with Gasteiger partial charge in [-0.2, -0.15) is 0 Å². The molecular weight excluding hydrogens is 208 g/mol. The molecule has 2 unspecified atom stereocenters. The average Bonchev–Trinajstić information content (AvgIpc) is 2.27. The molecule has 88 valence electrons. The second kappa shape index (κ2) is 4.31. The predicted octanol–water partition coefficient (Wildman–Crippen LogP) is 1.18. The van der Waals surface area contributed by atoms with Crippen LogP contribution in [0, 0.1) is 6.92 Å². The van der Waals surface area contributed by atoms with Crippen LogP contribution in [0.5, 0.6) is 11.5 Å². The van der Waals surface area contributed by atoms with Crippen LogP contribution >= 0.6 is 0 Å². The Labute approximate surface area is 94.4 Å². The third kappa shape index (κ3) is 1.99. The van der Waals surface area contributed by atoms with Crippen molar-refractivity contribution in [2.75, 3.05) is 13.2 Å². The third-order valence-electron chi connectivity index (χ3n) is 2.71. The number of aryl methyl sites for hydroxylation is 1. The van der Waals surface area contributed by atoms with Crippen molar-refractivity contribution in [3.05, 3.63) is 23.3 Å². The van der Waals surface area contributed by atoms with Gasteiger partial charge in [-0.05, 0) is 37.1 Å². The van der Waals surface area contributed by atoms with E-state index < -0.39 is 12.2 Å². The zero-order valence-corrected chi connectivity index (χ0v) is 9.43. The highest BCUT2D eigenvalue weighted by molar-refractivity contribution is 5.48. The van der Waals surface area contributed by atoms with Crippen LogP contribution in [0.25, 0.3) is 0 Å². The van der Waals surface area contributed by atoms with E-state index in [0.29, 0.717) is 30.3 Å². The van der Waals surface area contributed by atoms with Crippen molar-refractivity contribution in [2.45, 2.75) is 26.1 Å². The molecule has 1 aliphatic rings. The highest BCUT2D eigenvalue weighted by Gasteiger charge is 2.20. The molecule has 0 fully saturated rings. The lowest BCUT2D eigenvalue weighted by molar-refractivity contribution is 0.0298. The monoisotopic (exact) mass is 224 g/mol. The lowest BCUT2D eigenvalue weighted by Crippen LogP contribution is -2.18. The Morgan fingerprint density at radius 2 is 1.69 bits per heavy atom. The molecule has 1 aliphatic heterocycles. The summed E-state index contributed by atoms with van der Waals surface area (Å²) in [5, 5.41) is 19.2. The number of rotatable bonds is 2. The predicted molar refractivity (Wildman–Crippen MR) is 58.8 cm³/mol. The van der Waals surface area contributed by atoms with Crippen LogP contribution in [0.2, 0.25) is 0 Å². The number of benzene rings is 1. The maximum Gasteiger partial charge on any atom is 0.161 e. The molecule has 0 radical (unpaired) electrons. The topological polar surface area (TPSA) is 58.9 Å². The molecule has 2 atom stereocenters. The summed E-state index contributed by atoms with van der Waals surface area (Å²) in [6.07, 6.45) is -1.70. The van der Waals surface area contributed by atoms with Crippen LogP contribution in [0.4, 0.5) is 0 Å². The van der Waals surface area contributed by atoms with Gasteiger partial charge in [-0.15, -0.1) is 0 Å². The summed E-state index contributed by atoms with van der Waals surface area (Å²) >= 11 is 0. The van der Waals surface area contributed by atoms with Crippen molar-refractivity contribution in [2.24, 2.45) is 0 Å². The number of ether oxygens (including phenoxy) is 2. The van der Waals surface area contributed by atoms with Crippen LogP contribution in [-0.4, -0.2) is 29.5 Å². The molecule has 1 heterocycles. The molecule has 1 aromatic carbocycles. The maximum atomic E-state index is 9.83. The SMILES string of the molecule is Cc1cc2c(cc1C(O)C(C)O)OCCO2. The second-order valence-corrected chi connectivity index (χ2v) is 4.04. The fourth-order valence-electron chi connectivity index (χ4n) is 1.78. The lowest BCUT2D eigenvalue weighted by Gasteiger charge is -2.23. The van der Waals surface area contributed by atoms with Crippen LogP contribution in [0.1, 0.15) is 24.2 Å². The first kappa shape index (κ1) is 11.2. The van der Waals surface area contributed by atoms with E-state index in [1.807, 2.05) is 13.0 Å². The second-order valence-electron chi connectivity index (χ2n) is 4.04. The highest BCUT2D eigenvalue weighted by Crippen LogP contribution is 2.35. The van der Waals surface area contributed by atoms with Crippen molar-refractivity contribution < 1.29 is 19.7 Å². The molecule has 4 nitrogen and oxygen atoms in total. The largest absolute Gasteiger partial charge is 0.486 e. The van der Waals surface area contributed by atoms with Gasteiger partial charge in [0.15, 0.2) is 11.5 Å². The Kier molecular flexibility index (Phi) is 3.03. The molecule has 1 aromatic rings. The molecule has 0 spiro atoms. The van der Waals surface area contributed by atoms with Crippen molar-refractivity contribution in [3.63, 3.8) is 0 Å². The van der Waals surface area contributed by atoms with Crippen LogP contribution in [-0.2, 0) is 0 Å². The van der Waals surface area contributed by atoms with Crippen molar-refractivity contribution in [1.29, 1.82) is 0 Å². The Morgan fingerprint density at radius 3 is 2.25 bits per heavy atom. The number of aliphatic hydroxyl groups is 2. The van der Waals surface area contributed by atoms with Gasteiger partial charge in [-0.1, -0.05) is 0 Å². The number of aliphatic hydroxyl groups excluding tert-OH is 2. The average molecular weight is 224 g/mol. The Bertz CT molecular complexity index is 387. The van der Waals surface area contributed by atoms with Crippen molar-refractivity contribution >= 4 is 0 Å². The normalized spacial score (nSPS) is 18.0. The highest BCUT2D eigenvalue weighted by atomic mass is 16.6. The molecule has 2 rings (SSSR count). The van der Waals surface area contributed by atoms with Crippen molar-refractivity contribution in [1.82, 2.24) is 0 Å². The van der Waals surface area contributed by atoms with E-state index in [1.54, 1.807) is 13.0 Å². The van der Waals surface area contributed by atoms with Crippen LogP contribution in [0.3, 0.4) is 0 Å². The number of hydrogen-bond acceptors (Lipinski definition) is 4. The summed E-state index contributed by atoms with van der Waals surface area (Å²) in [5.41, 5.74) is 1.57. The fourth-order valence-corrected chi connectivity index (χ4v) is 1.78. The molecule has 0 saturated carbocycles. The standard InChI is InChI=1S/C12H16O4/c1-7-5-10-11(16-4-3-15-10)6-9(7)12(14)8(2)13/h5-6,8,12-14H,3-4H2,1-2H3. The van der Waals surface area contributed by atoms with Gasteiger partial charge in [0.1, 0.15) is 19.3 Å². The molecule has 16 heavy (non-hydrogen) atoms. The van der Waals surface area contributed by atoms with Gasteiger partial charge >= 0.3 is 0 Å². The number of fused-ring (bicyclic) bond motifs is 1. The molecule has 0 aromatic heterocycles. The summed E-state index contributed by atoms with van der Waals surface area (Å²) in [5.74, 6) is 1.33. The zero-order chi connectivity index (χ0) is 11.7. The maximum absolute atomic E-state index is 9.83. The van der Waals surface area contributed by atoms with E-state index in [1.165, 1.54) is 0 Å². The zero-order valence-electron chi connectivity index (χ0n) is 9.43. The fraction of sp³-hybridized carbons (Fsp3) is 0.500. The summed E-state index contributed by atoms with van der Waals surface area (Å²) in [4.78, 5) is 0. The summed E-state index contributed by atoms with van der Waals surface area (Å²) in [6.45, 7) is 4.49. The quantitative estimate of drug-likeness (QED) is 0.792. The molecule has 0 amide bonds. The first-order valence-electron chi connectivity index (χ1n) is 5.36. The van der Waals surface area contributed by atoms with E-state index in [-0.39, 0.29) is 0 Å². The summed E-state index contributed by atoms with van der Waals surface area (Å²) in [6, 6.07) is 3.57. The van der Waals surface area contributed by atoms with Crippen LogP contribution in [0.15, 0.2) is 12.1 Å². The molecular formula is C12H16O4. The molecule has 2 N–H and O–H groups in total. The third-order valence-corrected chi connectivity index (χ3v) is 2.71. The molecule has 0 bridgehead atoms. The van der Waals surface area contributed by atoms with Crippen LogP contribution < -0.4 is 9.47 Å². The number of hydrogen-bond donors (Lipinski definition) is 2. The van der Waals surface area contributed by atoms with E-state index in [9.17, 15) is 10.2 Å². The van der Waals surface area contributed by atoms with Gasteiger partial charge < -0.3 is 19.7 Å². The van der Waals surface area contributed by atoms with Gasteiger partial charge in [0, 0.05) is 0 Å². The van der Waals surface area contributed by atoms with Crippen molar-refractivity contribution in [3.8, 4) is 11.5 Å². The molecule has 0 saturated heterocycles. The minimum Gasteiger partial charge on any atom is -0.486 e. The minimum absolute atomic E-state index is 0.514. The van der Waals surface area contributed by atoms with Gasteiger partial charge in [-0.25, -0.2) is 0 Å². The van der Waals surface area contributed by atoms with Gasteiger partial charge in [-0.3, -0.25) is 0 Å². The molecule has 0 aliphatic carbocycles. The van der Waals surface area contributed by atoms with E-state index >= 15 is 0 Å². The Hall–Kier alpha value is -1.26. The smallest absolute Gasteiger partial charge is 0.161 e. The molecule has 4 heteroatoms. The summed E-state index contributed by atoms with van der Waals surface area (Å²) in [7, 11) is 0. The lowest BCUT2D eigenvalue weighted by atomic mass is 9.99. The summed E-state index contributed by atoms with van der Waals surface area (Å²) < 4.78 is 10.9.